The highest BCUT2D eigenvalue weighted by Crippen LogP contribution is 2.47. The molecule has 0 aliphatic carbocycles. The van der Waals surface area contributed by atoms with Crippen LogP contribution in [-0.4, -0.2) is 10.7 Å². The van der Waals surface area contributed by atoms with Gasteiger partial charge in [0.2, 0.25) is 6.23 Å². The second kappa shape index (κ2) is 6.59. The van der Waals surface area contributed by atoms with E-state index in [2.05, 4.69) is 11.1 Å². The topological polar surface area (TPSA) is 24.8 Å². The van der Waals surface area contributed by atoms with Gasteiger partial charge in [0, 0.05) is 27.6 Å². The number of halogens is 2. The van der Waals surface area contributed by atoms with Gasteiger partial charge in [-0.15, -0.1) is 0 Å². The van der Waals surface area contributed by atoms with Crippen molar-refractivity contribution in [2.24, 2.45) is 5.10 Å². The van der Waals surface area contributed by atoms with Crippen LogP contribution in [0.1, 0.15) is 35.4 Å². The van der Waals surface area contributed by atoms with Gasteiger partial charge >= 0.3 is 0 Å². The van der Waals surface area contributed by atoms with Crippen LogP contribution in [0.5, 0.6) is 5.75 Å². The molecule has 0 unspecified atom stereocenters. The second-order valence-electron chi connectivity index (χ2n) is 6.71. The van der Waals surface area contributed by atoms with Crippen LogP contribution in [0, 0.1) is 0 Å². The zero-order valence-corrected chi connectivity index (χ0v) is 15.9. The number of hydrogen-bond acceptors (Lipinski definition) is 3. The summed E-state index contributed by atoms with van der Waals surface area (Å²) in [7, 11) is 0. The van der Waals surface area contributed by atoms with Gasteiger partial charge in [-0.2, -0.15) is 5.10 Å². The normalized spacial score (nSPS) is 20.5. The van der Waals surface area contributed by atoms with Crippen LogP contribution in [0.4, 0.5) is 0 Å². The first kappa shape index (κ1) is 16.7. The van der Waals surface area contributed by atoms with Crippen LogP contribution in [0.15, 0.2) is 77.9 Å². The Balaban J connectivity index is 1.58. The molecule has 2 aliphatic heterocycles. The predicted octanol–water partition coefficient (Wildman–Crippen LogP) is 6.24. The molecule has 0 saturated carbocycles. The molecule has 134 valence electrons. The van der Waals surface area contributed by atoms with Gasteiger partial charge in [-0.05, 0) is 35.9 Å². The molecule has 2 atom stereocenters. The molecule has 2 heterocycles. The molecule has 3 aromatic carbocycles. The van der Waals surface area contributed by atoms with E-state index in [9.17, 15) is 0 Å². The third-order valence-corrected chi connectivity index (χ3v) is 5.54. The van der Waals surface area contributed by atoms with Crippen molar-refractivity contribution in [2.75, 3.05) is 0 Å². The molecule has 0 amide bonds. The van der Waals surface area contributed by atoms with Crippen LogP contribution >= 0.6 is 23.2 Å². The predicted molar refractivity (Wildman–Crippen MR) is 108 cm³/mol. The summed E-state index contributed by atoms with van der Waals surface area (Å²) in [6.07, 6.45) is 0.540. The summed E-state index contributed by atoms with van der Waals surface area (Å²) < 4.78 is 6.33. The van der Waals surface area contributed by atoms with Crippen molar-refractivity contribution in [3.05, 3.63) is 99.5 Å². The molecule has 0 N–H and O–H groups in total. The van der Waals surface area contributed by atoms with Crippen LogP contribution in [0.2, 0.25) is 10.0 Å². The summed E-state index contributed by atoms with van der Waals surface area (Å²) in [6, 6.07) is 23.9. The minimum Gasteiger partial charge on any atom is -0.464 e. The van der Waals surface area contributed by atoms with E-state index in [1.807, 2.05) is 66.7 Å². The third-order valence-electron chi connectivity index (χ3n) is 5.03. The Hall–Kier alpha value is -2.49. The Morgan fingerprint density at radius 1 is 0.852 bits per heavy atom. The lowest BCUT2D eigenvalue weighted by Crippen LogP contribution is -2.33. The number of rotatable bonds is 2. The Morgan fingerprint density at radius 2 is 1.52 bits per heavy atom. The van der Waals surface area contributed by atoms with Gasteiger partial charge in [0.1, 0.15) is 5.75 Å². The fourth-order valence-electron chi connectivity index (χ4n) is 3.70. The van der Waals surface area contributed by atoms with Crippen molar-refractivity contribution in [3.8, 4) is 5.75 Å². The molecule has 3 aromatic rings. The SMILES string of the molecule is Clc1ccc(C2=NN3[C@@H](c4ccc(Cl)cc4)Oc4ccccc4[C@@H]3C2)cc1. The van der Waals surface area contributed by atoms with Crippen LogP contribution in [0.25, 0.3) is 0 Å². The van der Waals surface area contributed by atoms with Gasteiger partial charge in [-0.1, -0.05) is 65.7 Å². The Bertz CT molecular complexity index is 1020. The van der Waals surface area contributed by atoms with E-state index in [1.165, 1.54) is 0 Å². The largest absolute Gasteiger partial charge is 0.464 e. The molecule has 0 bridgehead atoms. The molecule has 0 saturated heterocycles. The van der Waals surface area contributed by atoms with E-state index in [1.54, 1.807) is 0 Å². The van der Waals surface area contributed by atoms with Gasteiger partial charge in [-0.25, -0.2) is 5.01 Å². The fraction of sp³-hybridized carbons (Fsp3) is 0.136. The highest BCUT2D eigenvalue weighted by atomic mass is 35.5. The van der Waals surface area contributed by atoms with Gasteiger partial charge in [0.05, 0.1) is 11.8 Å². The molecule has 5 rings (SSSR count). The maximum atomic E-state index is 6.33. The molecule has 3 nitrogen and oxygen atoms in total. The first-order valence-corrected chi connectivity index (χ1v) is 9.57. The lowest BCUT2D eigenvalue weighted by Gasteiger charge is -2.38. The average molecular weight is 395 g/mol. The summed E-state index contributed by atoms with van der Waals surface area (Å²) in [5.74, 6) is 0.909. The number of hydrazone groups is 1. The van der Waals surface area contributed by atoms with E-state index in [-0.39, 0.29) is 12.3 Å². The number of para-hydroxylation sites is 1. The molecule has 0 fully saturated rings. The summed E-state index contributed by atoms with van der Waals surface area (Å²) in [5.41, 5.74) is 4.31. The Morgan fingerprint density at radius 3 is 2.26 bits per heavy atom. The number of benzene rings is 3. The second-order valence-corrected chi connectivity index (χ2v) is 7.59. The molecule has 0 spiro atoms. The van der Waals surface area contributed by atoms with Crippen molar-refractivity contribution in [1.82, 2.24) is 5.01 Å². The smallest absolute Gasteiger partial charge is 0.213 e. The maximum Gasteiger partial charge on any atom is 0.213 e. The van der Waals surface area contributed by atoms with E-state index >= 15 is 0 Å². The monoisotopic (exact) mass is 394 g/mol. The summed E-state index contributed by atoms with van der Waals surface area (Å²) in [4.78, 5) is 0. The summed E-state index contributed by atoms with van der Waals surface area (Å²) in [5, 5.41) is 8.43. The first-order chi connectivity index (χ1) is 13.2. The van der Waals surface area contributed by atoms with Gasteiger partial charge in [-0.3, -0.25) is 0 Å². The highest BCUT2D eigenvalue weighted by Gasteiger charge is 2.40. The standard InChI is InChI=1S/C22H16Cl2N2O/c23-16-9-5-14(6-10-16)19-13-20-18-3-1-2-4-21(18)27-22(26(20)25-19)15-7-11-17(24)12-8-15/h1-12,20,22H,13H2/t20-,22+/m0/s1. The Labute approximate surface area is 167 Å². The van der Waals surface area contributed by atoms with Crippen molar-refractivity contribution in [1.29, 1.82) is 0 Å². The highest BCUT2D eigenvalue weighted by molar-refractivity contribution is 6.30. The number of fused-ring (bicyclic) bond motifs is 3. The molecule has 0 radical (unpaired) electrons. The van der Waals surface area contributed by atoms with Gasteiger partial charge in [0.25, 0.3) is 0 Å². The molecule has 27 heavy (non-hydrogen) atoms. The quantitative estimate of drug-likeness (QED) is 0.513. The maximum absolute atomic E-state index is 6.33. The number of hydrogen-bond donors (Lipinski definition) is 0. The van der Waals surface area contributed by atoms with Crippen LogP contribution in [-0.2, 0) is 0 Å². The summed E-state index contributed by atoms with van der Waals surface area (Å²) in [6.45, 7) is 0. The molecule has 0 aromatic heterocycles. The van der Waals surface area contributed by atoms with Crippen LogP contribution < -0.4 is 4.74 Å². The first-order valence-electron chi connectivity index (χ1n) is 8.82. The minimum atomic E-state index is -0.285. The van der Waals surface area contributed by atoms with Crippen molar-refractivity contribution < 1.29 is 4.74 Å². The van der Waals surface area contributed by atoms with Crippen molar-refractivity contribution in [2.45, 2.75) is 18.7 Å². The van der Waals surface area contributed by atoms with E-state index < -0.39 is 0 Å². The zero-order chi connectivity index (χ0) is 18.4. The number of ether oxygens (including phenoxy) is 1. The van der Waals surface area contributed by atoms with E-state index in [4.69, 9.17) is 33.0 Å². The number of nitrogens with zero attached hydrogens (tertiary/aromatic N) is 2. The van der Waals surface area contributed by atoms with Crippen molar-refractivity contribution >= 4 is 28.9 Å². The molecular weight excluding hydrogens is 379 g/mol. The average Bonchev–Trinajstić information content (AvgIpc) is 3.14. The Kier molecular flexibility index (Phi) is 4.07. The lowest BCUT2D eigenvalue weighted by atomic mass is 9.96. The van der Waals surface area contributed by atoms with E-state index in [0.717, 1.165) is 39.6 Å². The molecule has 5 heteroatoms. The molecule has 2 aliphatic rings. The van der Waals surface area contributed by atoms with Gasteiger partial charge in [0.15, 0.2) is 0 Å². The van der Waals surface area contributed by atoms with Crippen LogP contribution in [0.3, 0.4) is 0 Å². The van der Waals surface area contributed by atoms with Gasteiger partial charge < -0.3 is 4.74 Å². The fourth-order valence-corrected chi connectivity index (χ4v) is 3.95. The lowest BCUT2D eigenvalue weighted by molar-refractivity contribution is -0.0190. The minimum absolute atomic E-state index is 0.140. The molecular formula is C22H16Cl2N2O. The summed E-state index contributed by atoms with van der Waals surface area (Å²) >= 11 is 12.1. The van der Waals surface area contributed by atoms with E-state index in [0.29, 0.717) is 5.02 Å². The zero-order valence-electron chi connectivity index (χ0n) is 14.3. The van der Waals surface area contributed by atoms with Crippen molar-refractivity contribution in [3.63, 3.8) is 0 Å². The third kappa shape index (κ3) is 2.97.